The van der Waals surface area contributed by atoms with Crippen molar-refractivity contribution in [3.05, 3.63) is 22.3 Å². The van der Waals surface area contributed by atoms with Gasteiger partial charge in [-0.05, 0) is 40.5 Å². The minimum atomic E-state index is 0.367. The number of hydrogen-bond acceptors (Lipinski definition) is 4. The molecule has 6 heteroatoms. The summed E-state index contributed by atoms with van der Waals surface area (Å²) in [6.45, 7) is 1.98. The van der Waals surface area contributed by atoms with Crippen LogP contribution in [-0.4, -0.2) is 24.2 Å². The Morgan fingerprint density at radius 2 is 1.83 bits per heavy atom. The van der Waals surface area contributed by atoms with E-state index in [1.54, 1.807) is 14.2 Å². The van der Waals surface area contributed by atoms with E-state index in [9.17, 15) is 0 Å². The van der Waals surface area contributed by atoms with E-state index in [0.29, 0.717) is 17.4 Å². The fourth-order valence-electron chi connectivity index (χ4n) is 1.78. The number of nitrogens with zero attached hydrogens (tertiary/aromatic N) is 1. The average molecular weight is 312 g/mol. The molecule has 0 fully saturated rings. The molecule has 2 aromatic rings. The topological polar surface area (TPSA) is 73.2 Å². The third-order valence-electron chi connectivity index (χ3n) is 2.66. The van der Waals surface area contributed by atoms with Crippen LogP contribution in [0.2, 0.25) is 0 Å². The van der Waals surface area contributed by atoms with Gasteiger partial charge >= 0.3 is 0 Å². The summed E-state index contributed by atoms with van der Waals surface area (Å²) < 4.78 is 11.3. The third-order valence-corrected chi connectivity index (χ3v) is 3.24. The summed E-state index contributed by atoms with van der Waals surface area (Å²) in [5, 5.41) is 0. The van der Waals surface area contributed by atoms with Gasteiger partial charge in [-0.3, -0.25) is 0 Å². The van der Waals surface area contributed by atoms with E-state index in [2.05, 4.69) is 25.9 Å². The van der Waals surface area contributed by atoms with E-state index < -0.39 is 0 Å². The van der Waals surface area contributed by atoms with Crippen LogP contribution in [0.1, 0.15) is 5.56 Å². The van der Waals surface area contributed by atoms with E-state index in [4.69, 9.17) is 15.2 Å². The van der Waals surface area contributed by atoms with Gasteiger partial charge in [0.1, 0.15) is 10.3 Å². The van der Waals surface area contributed by atoms with Crippen LogP contribution in [-0.2, 0) is 0 Å². The van der Waals surface area contributed by atoms with Crippen LogP contribution >= 0.6 is 15.9 Å². The van der Waals surface area contributed by atoms with Gasteiger partial charge in [0.05, 0.1) is 14.2 Å². The molecule has 0 radical (unpaired) electrons. The highest BCUT2D eigenvalue weighted by Crippen LogP contribution is 2.37. The first-order valence-corrected chi connectivity index (χ1v) is 6.10. The number of hydrogen-bond donors (Lipinski definition) is 2. The van der Waals surface area contributed by atoms with Crippen molar-refractivity contribution in [1.29, 1.82) is 0 Å². The number of benzene rings is 1. The number of ether oxygens (including phenoxy) is 2. The van der Waals surface area contributed by atoms with E-state index in [-0.39, 0.29) is 0 Å². The first-order valence-electron chi connectivity index (χ1n) is 5.30. The zero-order valence-electron chi connectivity index (χ0n) is 10.4. The Kier molecular flexibility index (Phi) is 3.47. The molecule has 0 amide bonds. The molecule has 0 saturated heterocycles. The number of rotatable bonds is 3. The van der Waals surface area contributed by atoms with E-state index in [0.717, 1.165) is 21.4 Å². The Morgan fingerprint density at radius 1 is 1.22 bits per heavy atom. The van der Waals surface area contributed by atoms with Crippen molar-refractivity contribution in [2.75, 3.05) is 20.0 Å². The van der Waals surface area contributed by atoms with Crippen LogP contribution in [0.4, 0.5) is 5.95 Å². The zero-order valence-corrected chi connectivity index (χ0v) is 12.0. The van der Waals surface area contributed by atoms with Gasteiger partial charge in [0.15, 0.2) is 17.4 Å². The molecule has 96 valence electrons. The molecule has 3 N–H and O–H groups in total. The summed E-state index contributed by atoms with van der Waals surface area (Å²) in [6.07, 6.45) is 0. The molecule has 2 rings (SSSR count). The van der Waals surface area contributed by atoms with E-state index in [1.807, 2.05) is 19.1 Å². The number of methoxy groups -OCH3 is 2. The van der Waals surface area contributed by atoms with Crippen molar-refractivity contribution in [3.8, 4) is 22.8 Å². The molecule has 0 atom stereocenters. The van der Waals surface area contributed by atoms with Gasteiger partial charge in [0.2, 0.25) is 0 Å². The summed E-state index contributed by atoms with van der Waals surface area (Å²) in [5.41, 5.74) is 8.36. The van der Waals surface area contributed by atoms with Crippen molar-refractivity contribution in [3.63, 3.8) is 0 Å². The molecule has 1 aromatic heterocycles. The minimum absolute atomic E-state index is 0.367. The monoisotopic (exact) mass is 311 g/mol. The van der Waals surface area contributed by atoms with Gasteiger partial charge in [-0.25, -0.2) is 4.98 Å². The average Bonchev–Trinajstić information content (AvgIpc) is 2.68. The van der Waals surface area contributed by atoms with Crippen molar-refractivity contribution in [2.24, 2.45) is 0 Å². The van der Waals surface area contributed by atoms with Crippen LogP contribution in [0.15, 0.2) is 16.7 Å². The number of nitrogens with two attached hydrogens (primary N) is 1. The number of aryl methyl sites for hydroxylation is 1. The number of H-pyrrole nitrogens is 1. The highest BCUT2D eigenvalue weighted by atomic mass is 79.9. The largest absolute Gasteiger partial charge is 0.493 e. The summed E-state index contributed by atoms with van der Waals surface area (Å²) in [7, 11) is 3.21. The highest BCUT2D eigenvalue weighted by molar-refractivity contribution is 9.10. The quantitative estimate of drug-likeness (QED) is 0.914. The maximum atomic E-state index is 5.64. The number of imidazole rings is 1. The van der Waals surface area contributed by atoms with Gasteiger partial charge in [0.25, 0.3) is 0 Å². The van der Waals surface area contributed by atoms with Crippen molar-refractivity contribution < 1.29 is 9.47 Å². The van der Waals surface area contributed by atoms with Crippen LogP contribution in [0.3, 0.4) is 0 Å². The first-order chi connectivity index (χ1) is 8.56. The van der Waals surface area contributed by atoms with Gasteiger partial charge in [-0.15, -0.1) is 0 Å². The van der Waals surface area contributed by atoms with Crippen LogP contribution in [0, 0.1) is 6.92 Å². The van der Waals surface area contributed by atoms with Gasteiger partial charge in [-0.1, -0.05) is 0 Å². The number of aromatic nitrogens is 2. The van der Waals surface area contributed by atoms with Crippen LogP contribution in [0.25, 0.3) is 11.3 Å². The third kappa shape index (κ3) is 2.15. The fraction of sp³-hybridized carbons (Fsp3) is 0.250. The van der Waals surface area contributed by atoms with Crippen molar-refractivity contribution in [2.45, 2.75) is 6.92 Å². The Labute approximate surface area is 113 Å². The van der Waals surface area contributed by atoms with Gasteiger partial charge in [-0.2, -0.15) is 0 Å². The molecule has 1 heterocycles. The molecule has 0 bridgehead atoms. The minimum Gasteiger partial charge on any atom is -0.493 e. The Bertz CT molecular complexity index is 581. The molecule has 0 aliphatic carbocycles. The van der Waals surface area contributed by atoms with E-state index in [1.165, 1.54) is 0 Å². The van der Waals surface area contributed by atoms with Gasteiger partial charge < -0.3 is 20.2 Å². The number of nitrogens with one attached hydrogen (secondary N) is 1. The summed E-state index contributed by atoms with van der Waals surface area (Å²) in [5.74, 6) is 1.72. The first kappa shape index (κ1) is 12.8. The van der Waals surface area contributed by atoms with Crippen molar-refractivity contribution in [1.82, 2.24) is 9.97 Å². The second-order valence-electron chi connectivity index (χ2n) is 3.81. The van der Waals surface area contributed by atoms with Gasteiger partial charge in [0, 0.05) is 5.56 Å². The highest BCUT2D eigenvalue weighted by Gasteiger charge is 2.15. The molecule has 0 unspecified atom stereocenters. The normalized spacial score (nSPS) is 10.4. The fourth-order valence-corrected chi connectivity index (χ4v) is 2.29. The molecule has 0 aliphatic heterocycles. The zero-order chi connectivity index (χ0) is 13.3. The molecule has 0 spiro atoms. The number of aromatic amines is 1. The summed E-state index contributed by atoms with van der Waals surface area (Å²) in [6, 6.07) is 3.79. The number of nitrogen functional groups attached to an aromatic ring is 1. The lowest BCUT2D eigenvalue weighted by molar-refractivity contribution is 0.355. The Balaban J connectivity index is 2.61. The predicted octanol–water partition coefficient (Wildman–Crippen LogP) is 2.75. The Morgan fingerprint density at radius 3 is 2.33 bits per heavy atom. The summed E-state index contributed by atoms with van der Waals surface area (Å²) in [4.78, 5) is 7.16. The SMILES string of the molecule is COc1cc(C)c(-c2nc(N)[nH]c2Br)cc1OC. The number of anilines is 1. The second-order valence-corrected chi connectivity index (χ2v) is 4.60. The second kappa shape index (κ2) is 4.89. The van der Waals surface area contributed by atoms with E-state index >= 15 is 0 Å². The molecule has 0 saturated carbocycles. The smallest absolute Gasteiger partial charge is 0.198 e. The maximum absolute atomic E-state index is 5.64. The maximum Gasteiger partial charge on any atom is 0.198 e. The molecule has 18 heavy (non-hydrogen) atoms. The molecule has 1 aromatic carbocycles. The van der Waals surface area contributed by atoms with Crippen LogP contribution in [0.5, 0.6) is 11.5 Å². The standard InChI is InChI=1S/C12H14BrN3O2/c1-6-4-8(17-2)9(18-3)5-7(6)10-11(13)16-12(14)15-10/h4-5H,1-3H3,(H3,14,15,16). The molecule has 0 aliphatic rings. The molecular weight excluding hydrogens is 298 g/mol. The lowest BCUT2D eigenvalue weighted by Gasteiger charge is -2.11. The predicted molar refractivity (Wildman–Crippen MR) is 74.0 cm³/mol. The number of halogens is 1. The molecule has 5 nitrogen and oxygen atoms in total. The molecular formula is C12H14BrN3O2. The van der Waals surface area contributed by atoms with Crippen LogP contribution < -0.4 is 15.2 Å². The lowest BCUT2D eigenvalue weighted by Crippen LogP contribution is -1.94. The Hall–Kier alpha value is -1.69. The van der Waals surface area contributed by atoms with Crippen molar-refractivity contribution >= 4 is 21.9 Å². The summed E-state index contributed by atoms with van der Waals surface area (Å²) >= 11 is 3.40. The lowest BCUT2D eigenvalue weighted by atomic mass is 10.1.